The summed E-state index contributed by atoms with van der Waals surface area (Å²) in [6.45, 7) is 10.5. The predicted octanol–water partition coefficient (Wildman–Crippen LogP) is 4.88. The smallest absolute Gasteiger partial charge is 0.278 e. The lowest BCUT2D eigenvalue weighted by Crippen LogP contribution is -2.22. The van der Waals surface area contributed by atoms with E-state index in [-0.39, 0.29) is 11.0 Å². The van der Waals surface area contributed by atoms with Gasteiger partial charge in [0.05, 0.1) is 22.4 Å². The summed E-state index contributed by atoms with van der Waals surface area (Å²) in [4.78, 5) is 33.6. The fraction of sp³-hybridized carbons (Fsp3) is 0.269. The first-order chi connectivity index (χ1) is 17.2. The van der Waals surface area contributed by atoms with E-state index in [0.717, 1.165) is 32.4 Å². The van der Waals surface area contributed by atoms with E-state index in [0.29, 0.717) is 23.5 Å². The molecule has 0 aliphatic carbocycles. The van der Waals surface area contributed by atoms with Crippen LogP contribution in [0.5, 0.6) is 0 Å². The van der Waals surface area contributed by atoms with Gasteiger partial charge in [-0.3, -0.25) is 9.78 Å². The maximum Gasteiger partial charge on any atom is 0.278 e. The molecule has 0 radical (unpaired) electrons. The summed E-state index contributed by atoms with van der Waals surface area (Å²) in [5, 5.41) is 4.67. The summed E-state index contributed by atoms with van der Waals surface area (Å²) in [6.07, 6.45) is 5.03. The molecule has 0 saturated carbocycles. The Morgan fingerprint density at radius 1 is 1.14 bits per heavy atom. The van der Waals surface area contributed by atoms with Crippen molar-refractivity contribution in [1.82, 2.24) is 29.3 Å². The fourth-order valence-corrected chi connectivity index (χ4v) is 4.84. The second-order valence-corrected chi connectivity index (χ2v) is 10.8. The predicted molar refractivity (Wildman–Crippen MR) is 147 cm³/mol. The van der Waals surface area contributed by atoms with Crippen LogP contribution in [0.3, 0.4) is 0 Å². The van der Waals surface area contributed by atoms with Gasteiger partial charge in [0.15, 0.2) is 10.8 Å². The van der Waals surface area contributed by atoms with Crippen LogP contribution in [0.4, 0.5) is 16.8 Å². The molecule has 0 saturated heterocycles. The van der Waals surface area contributed by atoms with E-state index in [4.69, 9.17) is 4.98 Å². The minimum absolute atomic E-state index is 0.147. The molecule has 0 spiro atoms. The molecule has 5 rings (SSSR count). The quantitative estimate of drug-likeness (QED) is 0.332. The highest BCUT2D eigenvalue weighted by molar-refractivity contribution is 7.22. The Labute approximate surface area is 212 Å². The zero-order chi connectivity index (χ0) is 25.6. The van der Waals surface area contributed by atoms with Crippen molar-refractivity contribution in [2.75, 3.05) is 24.3 Å². The molecule has 4 aromatic heterocycles. The van der Waals surface area contributed by atoms with Gasteiger partial charge in [0.2, 0.25) is 5.95 Å². The average Bonchev–Trinajstić information content (AvgIpc) is 3.38. The van der Waals surface area contributed by atoms with Crippen molar-refractivity contribution < 1.29 is 0 Å². The topological polar surface area (TPSA) is 93.8 Å². The molecule has 36 heavy (non-hydrogen) atoms. The van der Waals surface area contributed by atoms with Crippen molar-refractivity contribution in [2.24, 2.45) is 0 Å². The largest absolute Gasteiger partial charge is 0.354 e. The molecule has 0 bridgehead atoms. The lowest BCUT2D eigenvalue weighted by Gasteiger charge is -2.19. The maximum atomic E-state index is 13.2. The van der Waals surface area contributed by atoms with E-state index in [2.05, 4.69) is 47.6 Å². The molecule has 0 aliphatic heterocycles. The minimum Gasteiger partial charge on any atom is -0.354 e. The molecule has 1 aromatic carbocycles. The number of thiazole rings is 1. The molecule has 5 aromatic rings. The maximum absolute atomic E-state index is 13.2. The van der Waals surface area contributed by atoms with Crippen LogP contribution in [0.1, 0.15) is 26.5 Å². The number of nitrogens with one attached hydrogen (secondary N) is 1. The van der Waals surface area contributed by atoms with Crippen molar-refractivity contribution >= 4 is 49.4 Å². The Morgan fingerprint density at radius 2 is 1.94 bits per heavy atom. The normalized spacial score (nSPS) is 11.8. The molecule has 184 valence electrons. The van der Waals surface area contributed by atoms with Crippen molar-refractivity contribution in [1.29, 1.82) is 0 Å². The van der Waals surface area contributed by atoms with E-state index < -0.39 is 0 Å². The third-order valence-corrected chi connectivity index (χ3v) is 6.94. The third-order valence-electron chi connectivity index (χ3n) is 5.75. The number of allylic oxidation sites excluding steroid dienone is 1. The molecule has 0 aliphatic rings. The molecule has 4 heterocycles. The van der Waals surface area contributed by atoms with Gasteiger partial charge in [-0.2, -0.15) is 4.98 Å². The number of aromatic nitrogens is 6. The van der Waals surface area contributed by atoms with Crippen molar-refractivity contribution in [3.63, 3.8) is 0 Å². The molecule has 0 fully saturated rings. The van der Waals surface area contributed by atoms with E-state index in [1.54, 1.807) is 34.5 Å². The van der Waals surface area contributed by atoms with Crippen LogP contribution in [-0.4, -0.2) is 43.4 Å². The summed E-state index contributed by atoms with van der Waals surface area (Å²) in [5.74, 6) is 0.397. The van der Waals surface area contributed by atoms with Gasteiger partial charge in [-0.15, -0.1) is 6.58 Å². The molecular weight excluding hydrogens is 472 g/mol. The van der Waals surface area contributed by atoms with Crippen molar-refractivity contribution in [3.05, 3.63) is 71.4 Å². The Balaban J connectivity index is 1.61. The van der Waals surface area contributed by atoms with Gasteiger partial charge < -0.3 is 10.2 Å². The van der Waals surface area contributed by atoms with Crippen molar-refractivity contribution in [3.8, 4) is 5.69 Å². The number of benzene rings is 1. The highest BCUT2D eigenvalue weighted by Crippen LogP contribution is 2.30. The SMILES string of the molecule is C=CCn1c(=O)c2cnc(Nc3ccc4nc(N(C)C)sc4c3)nc2n1-c1ccnc(C(C)(C)C)c1. The number of anilines is 3. The van der Waals surface area contributed by atoms with E-state index in [1.807, 2.05) is 54.0 Å². The van der Waals surface area contributed by atoms with Crippen molar-refractivity contribution in [2.45, 2.75) is 32.7 Å². The van der Waals surface area contributed by atoms with E-state index >= 15 is 0 Å². The van der Waals surface area contributed by atoms with Gasteiger partial charge in [-0.25, -0.2) is 19.3 Å². The second kappa shape index (κ2) is 8.87. The molecule has 10 heteroatoms. The van der Waals surface area contributed by atoms with Crippen LogP contribution < -0.4 is 15.8 Å². The van der Waals surface area contributed by atoms with Gasteiger partial charge in [-0.1, -0.05) is 38.2 Å². The molecule has 1 N–H and O–H groups in total. The van der Waals surface area contributed by atoms with Crippen LogP contribution in [0, 0.1) is 0 Å². The lowest BCUT2D eigenvalue weighted by molar-refractivity contribution is 0.563. The number of fused-ring (bicyclic) bond motifs is 2. The molecule has 9 nitrogen and oxygen atoms in total. The highest BCUT2D eigenvalue weighted by atomic mass is 32.1. The Morgan fingerprint density at radius 3 is 2.67 bits per heavy atom. The summed E-state index contributed by atoms with van der Waals surface area (Å²) < 4.78 is 4.49. The van der Waals surface area contributed by atoms with E-state index in [9.17, 15) is 4.79 Å². The van der Waals surface area contributed by atoms with Crippen LogP contribution in [0.2, 0.25) is 0 Å². The summed E-state index contributed by atoms with van der Waals surface area (Å²) in [6, 6.07) is 9.82. The van der Waals surface area contributed by atoms with Gasteiger partial charge in [0.1, 0.15) is 5.39 Å². The summed E-state index contributed by atoms with van der Waals surface area (Å²) in [5.41, 5.74) is 3.69. The zero-order valence-corrected chi connectivity index (χ0v) is 21.8. The molecular formula is C26H28N8OS. The highest BCUT2D eigenvalue weighted by Gasteiger charge is 2.20. The number of nitrogens with zero attached hydrogens (tertiary/aromatic N) is 7. The first kappa shape index (κ1) is 23.7. The standard InChI is InChI=1S/C26H28N8OS/c1-7-12-33-23(35)18-15-28-24(29-16-8-9-19-20(13-16)36-25(30-19)32(5)6)31-22(18)34(33)17-10-11-27-21(14-17)26(2,3)4/h7-11,13-15H,1,12H2,2-6H3,(H,28,29,31). The Hall–Kier alpha value is -4.05. The third kappa shape index (κ3) is 4.24. The second-order valence-electron chi connectivity index (χ2n) is 9.77. The van der Waals surface area contributed by atoms with Crippen LogP contribution >= 0.6 is 11.3 Å². The monoisotopic (exact) mass is 500 g/mol. The lowest BCUT2D eigenvalue weighted by atomic mass is 9.91. The minimum atomic E-state index is -0.173. The van der Waals surface area contributed by atoms with Crippen LogP contribution in [-0.2, 0) is 12.0 Å². The van der Waals surface area contributed by atoms with E-state index in [1.165, 1.54) is 0 Å². The first-order valence-electron chi connectivity index (χ1n) is 11.6. The fourth-order valence-electron chi connectivity index (χ4n) is 3.91. The summed E-state index contributed by atoms with van der Waals surface area (Å²) in [7, 11) is 3.95. The van der Waals surface area contributed by atoms with Gasteiger partial charge in [0.25, 0.3) is 5.56 Å². The van der Waals surface area contributed by atoms with Crippen LogP contribution in [0.25, 0.3) is 26.9 Å². The van der Waals surface area contributed by atoms with Crippen LogP contribution in [0.15, 0.2) is 60.2 Å². The number of rotatable bonds is 6. The average molecular weight is 501 g/mol. The van der Waals surface area contributed by atoms with Gasteiger partial charge in [-0.05, 0) is 30.3 Å². The van der Waals surface area contributed by atoms with Gasteiger partial charge in [0, 0.05) is 43.3 Å². The molecule has 0 unspecified atom stereocenters. The zero-order valence-electron chi connectivity index (χ0n) is 21.0. The van der Waals surface area contributed by atoms with Gasteiger partial charge >= 0.3 is 0 Å². The number of hydrogen-bond acceptors (Lipinski definition) is 8. The first-order valence-corrected chi connectivity index (χ1v) is 12.4. The molecule has 0 amide bonds. The Kier molecular flexibility index (Phi) is 5.83. The summed E-state index contributed by atoms with van der Waals surface area (Å²) >= 11 is 1.62. The Bertz CT molecular complexity index is 1650. The molecule has 0 atom stereocenters. The number of hydrogen-bond donors (Lipinski definition) is 1. The number of pyridine rings is 1.